The molecular formula is C21H24N2O2. The fourth-order valence-electron chi connectivity index (χ4n) is 2.18. The second kappa shape index (κ2) is 7.76. The van der Waals surface area contributed by atoms with Gasteiger partial charge in [0.05, 0.1) is 6.04 Å². The first kappa shape index (κ1) is 18.4. The Morgan fingerprint density at radius 1 is 1.12 bits per heavy atom. The monoisotopic (exact) mass is 336 g/mol. The van der Waals surface area contributed by atoms with Crippen LogP contribution in [-0.2, 0) is 4.74 Å². The van der Waals surface area contributed by atoms with Gasteiger partial charge in [-0.25, -0.2) is 4.79 Å². The number of carbonyl (C=O) groups excluding carboxylic acids is 1. The quantitative estimate of drug-likeness (QED) is 0.636. The van der Waals surface area contributed by atoms with Crippen LogP contribution >= 0.6 is 0 Å². The fourth-order valence-corrected chi connectivity index (χ4v) is 2.18. The molecule has 4 nitrogen and oxygen atoms in total. The first-order valence-electron chi connectivity index (χ1n) is 8.20. The van der Waals surface area contributed by atoms with Gasteiger partial charge in [-0.1, -0.05) is 36.1 Å². The zero-order valence-corrected chi connectivity index (χ0v) is 15.1. The molecule has 0 aliphatic rings. The van der Waals surface area contributed by atoms with E-state index in [1.165, 1.54) is 0 Å². The van der Waals surface area contributed by atoms with Gasteiger partial charge in [-0.2, -0.15) is 0 Å². The molecular weight excluding hydrogens is 312 g/mol. The molecule has 2 rings (SSSR count). The van der Waals surface area contributed by atoms with Crippen molar-refractivity contribution >= 4 is 11.8 Å². The van der Waals surface area contributed by atoms with Gasteiger partial charge in [0.1, 0.15) is 5.60 Å². The number of ether oxygens (including phenoxy) is 1. The standard InChI is InChI=1S/C21H24N2O2/c1-15(23-20(24)25-21(2,3)4)17-12-13-19(22)18(14-17)11-10-16-8-6-5-7-9-16/h5-9,12-15H,22H2,1-4H3,(H,23,24)/t15-/m1/s1. The van der Waals surface area contributed by atoms with Crippen LogP contribution in [0.5, 0.6) is 0 Å². The molecule has 2 aromatic rings. The Hall–Kier alpha value is -2.93. The number of hydrogen-bond donors (Lipinski definition) is 2. The van der Waals surface area contributed by atoms with Gasteiger partial charge in [0.2, 0.25) is 0 Å². The summed E-state index contributed by atoms with van der Waals surface area (Å²) in [5.41, 5.74) is 8.67. The van der Waals surface area contributed by atoms with Crippen molar-refractivity contribution in [3.8, 4) is 11.8 Å². The summed E-state index contributed by atoms with van der Waals surface area (Å²) in [4.78, 5) is 11.9. The van der Waals surface area contributed by atoms with Crippen molar-refractivity contribution in [1.82, 2.24) is 5.32 Å². The molecule has 2 aromatic carbocycles. The minimum absolute atomic E-state index is 0.215. The minimum atomic E-state index is -0.531. The highest BCUT2D eigenvalue weighted by Crippen LogP contribution is 2.19. The van der Waals surface area contributed by atoms with Crippen LogP contribution in [0.1, 0.15) is 50.4 Å². The van der Waals surface area contributed by atoms with Crippen molar-refractivity contribution in [3.05, 3.63) is 65.2 Å². The van der Waals surface area contributed by atoms with E-state index in [1.54, 1.807) is 6.07 Å². The molecule has 25 heavy (non-hydrogen) atoms. The number of nitrogen functional groups attached to an aromatic ring is 1. The lowest BCUT2D eigenvalue weighted by Gasteiger charge is -2.22. The number of carbonyl (C=O) groups is 1. The highest BCUT2D eigenvalue weighted by atomic mass is 16.6. The van der Waals surface area contributed by atoms with Crippen LogP contribution in [0.4, 0.5) is 10.5 Å². The molecule has 0 unspecified atom stereocenters. The highest BCUT2D eigenvalue weighted by Gasteiger charge is 2.18. The summed E-state index contributed by atoms with van der Waals surface area (Å²) in [5.74, 6) is 6.19. The molecule has 0 aliphatic carbocycles. The van der Waals surface area contributed by atoms with Crippen molar-refractivity contribution in [1.29, 1.82) is 0 Å². The normalized spacial score (nSPS) is 11.8. The average Bonchev–Trinajstić information content (AvgIpc) is 2.53. The number of nitrogens with one attached hydrogen (secondary N) is 1. The predicted molar refractivity (Wildman–Crippen MR) is 101 cm³/mol. The second-order valence-corrected chi connectivity index (χ2v) is 6.83. The van der Waals surface area contributed by atoms with E-state index in [2.05, 4.69) is 17.2 Å². The Balaban J connectivity index is 2.15. The molecule has 0 saturated heterocycles. The Kier molecular flexibility index (Phi) is 5.71. The van der Waals surface area contributed by atoms with Crippen LogP contribution in [0.15, 0.2) is 48.5 Å². The van der Waals surface area contributed by atoms with Crippen LogP contribution in [0.25, 0.3) is 0 Å². The largest absolute Gasteiger partial charge is 0.444 e. The van der Waals surface area contributed by atoms with E-state index < -0.39 is 11.7 Å². The summed E-state index contributed by atoms with van der Waals surface area (Å²) in [5, 5.41) is 2.82. The van der Waals surface area contributed by atoms with Crippen LogP contribution in [0.3, 0.4) is 0 Å². The molecule has 0 spiro atoms. The molecule has 1 amide bonds. The first-order chi connectivity index (χ1) is 11.7. The number of hydrogen-bond acceptors (Lipinski definition) is 3. The van der Waals surface area contributed by atoms with Crippen LogP contribution in [-0.4, -0.2) is 11.7 Å². The van der Waals surface area contributed by atoms with Crippen molar-refractivity contribution in [2.24, 2.45) is 0 Å². The number of nitrogens with two attached hydrogens (primary N) is 1. The minimum Gasteiger partial charge on any atom is -0.444 e. The van der Waals surface area contributed by atoms with Gasteiger partial charge in [0.25, 0.3) is 0 Å². The van der Waals surface area contributed by atoms with Crippen molar-refractivity contribution in [2.75, 3.05) is 5.73 Å². The Labute approximate surface area is 149 Å². The van der Waals surface area contributed by atoms with Crippen molar-refractivity contribution < 1.29 is 9.53 Å². The van der Waals surface area contributed by atoms with Gasteiger partial charge >= 0.3 is 6.09 Å². The van der Waals surface area contributed by atoms with Gasteiger partial charge in [0, 0.05) is 16.8 Å². The third-order valence-electron chi connectivity index (χ3n) is 3.43. The molecule has 130 valence electrons. The van der Waals surface area contributed by atoms with E-state index in [0.29, 0.717) is 5.69 Å². The van der Waals surface area contributed by atoms with E-state index in [9.17, 15) is 4.79 Å². The van der Waals surface area contributed by atoms with Gasteiger partial charge in [-0.05, 0) is 57.5 Å². The van der Waals surface area contributed by atoms with Crippen LogP contribution < -0.4 is 11.1 Å². The number of anilines is 1. The number of amides is 1. The topological polar surface area (TPSA) is 64.3 Å². The van der Waals surface area contributed by atoms with E-state index in [0.717, 1.165) is 16.7 Å². The third kappa shape index (κ3) is 5.89. The summed E-state index contributed by atoms with van der Waals surface area (Å²) in [6, 6.07) is 15.1. The maximum Gasteiger partial charge on any atom is 0.408 e. The smallest absolute Gasteiger partial charge is 0.408 e. The van der Waals surface area contributed by atoms with E-state index in [1.807, 2.05) is 70.2 Å². The Bertz CT molecular complexity index is 796. The lowest BCUT2D eigenvalue weighted by Crippen LogP contribution is -2.34. The zero-order chi connectivity index (χ0) is 18.4. The maximum absolute atomic E-state index is 11.9. The zero-order valence-electron chi connectivity index (χ0n) is 15.1. The molecule has 0 fully saturated rings. The number of benzene rings is 2. The molecule has 0 aromatic heterocycles. The van der Waals surface area contributed by atoms with Crippen LogP contribution in [0, 0.1) is 11.8 Å². The molecule has 3 N–H and O–H groups in total. The van der Waals surface area contributed by atoms with Gasteiger partial charge in [-0.15, -0.1) is 0 Å². The lowest BCUT2D eigenvalue weighted by atomic mass is 10.0. The molecule has 1 atom stereocenters. The van der Waals surface area contributed by atoms with E-state index in [4.69, 9.17) is 10.5 Å². The lowest BCUT2D eigenvalue weighted by molar-refractivity contribution is 0.0508. The van der Waals surface area contributed by atoms with E-state index >= 15 is 0 Å². The molecule has 0 aliphatic heterocycles. The summed E-state index contributed by atoms with van der Waals surface area (Å²) >= 11 is 0. The van der Waals surface area contributed by atoms with Gasteiger partial charge in [0.15, 0.2) is 0 Å². The first-order valence-corrected chi connectivity index (χ1v) is 8.20. The molecule has 0 radical (unpaired) electrons. The number of alkyl carbamates (subject to hydrolysis) is 1. The Morgan fingerprint density at radius 2 is 1.80 bits per heavy atom. The van der Waals surface area contributed by atoms with Gasteiger partial charge < -0.3 is 15.8 Å². The highest BCUT2D eigenvalue weighted by molar-refractivity contribution is 5.68. The summed E-state index contributed by atoms with van der Waals surface area (Å²) in [7, 11) is 0. The second-order valence-electron chi connectivity index (χ2n) is 6.83. The maximum atomic E-state index is 11.9. The molecule has 0 heterocycles. The van der Waals surface area contributed by atoms with E-state index in [-0.39, 0.29) is 6.04 Å². The van der Waals surface area contributed by atoms with Crippen molar-refractivity contribution in [2.45, 2.75) is 39.3 Å². The molecule has 0 saturated carbocycles. The predicted octanol–water partition coefficient (Wildman–Crippen LogP) is 4.25. The molecule has 4 heteroatoms. The van der Waals surface area contributed by atoms with Crippen molar-refractivity contribution in [3.63, 3.8) is 0 Å². The van der Waals surface area contributed by atoms with Crippen LogP contribution in [0.2, 0.25) is 0 Å². The molecule has 0 bridgehead atoms. The SMILES string of the molecule is C[C@@H](NC(=O)OC(C)(C)C)c1ccc(N)c(C#Cc2ccccc2)c1. The third-order valence-corrected chi connectivity index (χ3v) is 3.43. The Morgan fingerprint density at radius 3 is 2.44 bits per heavy atom. The summed E-state index contributed by atoms with van der Waals surface area (Å²) in [6.07, 6.45) is -0.450. The number of rotatable bonds is 2. The summed E-state index contributed by atoms with van der Waals surface area (Å²) < 4.78 is 5.29. The average molecular weight is 336 g/mol. The fraction of sp³-hybridized carbons (Fsp3) is 0.286. The van der Waals surface area contributed by atoms with Gasteiger partial charge in [-0.3, -0.25) is 0 Å². The summed E-state index contributed by atoms with van der Waals surface area (Å²) in [6.45, 7) is 7.39.